The second kappa shape index (κ2) is 10.3. The number of carbonyl (C=O) groups excluding carboxylic acids is 1. The van der Waals surface area contributed by atoms with Crippen LogP contribution in [-0.2, 0) is 28.2 Å². The maximum absolute atomic E-state index is 13.2. The van der Waals surface area contributed by atoms with Crippen LogP contribution in [0.25, 0.3) is 0 Å². The fraction of sp³-hybridized carbons (Fsp3) is 0.880. The van der Waals surface area contributed by atoms with E-state index in [1.807, 2.05) is 23.5 Å². The molecule has 3 heterocycles. The quantitative estimate of drug-likeness (QED) is 0.326. The van der Waals surface area contributed by atoms with Gasteiger partial charge < -0.3 is 23.4 Å². The van der Waals surface area contributed by atoms with E-state index in [0.717, 1.165) is 49.7 Å². The smallest absolute Gasteiger partial charge is 0.314 e. The molecule has 3 fully saturated rings. The normalized spacial score (nSPS) is 32.6. The molecule has 34 heavy (non-hydrogen) atoms. The Labute approximate surface area is 214 Å². The molecule has 3 aliphatic heterocycles. The number of methoxy groups -OCH3 is 1. The highest BCUT2D eigenvalue weighted by atomic mass is 32.2. The summed E-state index contributed by atoms with van der Waals surface area (Å²) in [6.45, 7) is 13.2. The fourth-order valence-corrected chi connectivity index (χ4v) is 9.87. The molecule has 0 amide bonds. The van der Waals surface area contributed by atoms with Gasteiger partial charge in [0.25, 0.3) is 0 Å². The lowest BCUT2D eigenvalue weighted by Crippen LogP contribution is -2.50. The van der Waals surface area contributed by atoms with E-state index < -0.39 is 13.7 Å². The highest BCUT2D eigenvalue weighted by Crippen LogP contribution is 2.59. The number of hydrogen-bond donors (Lipinski definition) is 0. The van der Waals surface area contributed by atoms with Crippen LogP contribution in [0, 0.1) is 11.3 Å². The zero-order valence-electron chi connectivity index (χ0n) is 21.6. The van der Waals surface area contributed by atoms with Crippen molar-refractivity contribution in [3.8, 4) is 0 Å². The Hall–Kier alpha value is -0.193. The highest BCUT2D eigenvalue weighted by molar-refractivity contribution is 8.18. The van der Waals surface area contributed by atoms with Gasteiger partial charge in [-0.1, -0.05) is 20.8 Å². The molecule has 1 aliphatic carbocycles. The molecule has 0 bridgehead atoms. The number of hydrogen-bond acceptors (Lipinski definition) is 8. The lowest BCUT2D eigenvalue weighted by molar-refractivity contribution is -0.184. The Morgan fingerprint density at radius 1 is 1.15 bits per heavy atom. The van der Waals surface area contributed by atoms with Crippen LogP contribution < -0.4 is 0 Å². The van der Waals surface area contributed by atoms with Crippen molar-refractivity contribution < 1.29 is 28.2 Å². The summed E-state index contributed by atoms with van der Waals surface area (Å²) < 4.78 is 30.5. The maximum atomic E-state index is 13.2. The summed E-state index contributed by atoms with van der Waals surface area (Å²) in [6.07, 6.45) is 6.20. The first kappa shape index (κ1) is 26.9. The summed E-state index contributed by atoms with van der Waals surface area (Å²) in [5, 5.41) is 0.113. The van der Waals surface area contributed by atoms with E-state index in [1.54, 1.807) is 0 Å². The first-order valence-electron chi connectivity index (χ1n) is 12.6. The molecule has 4 aliphatic rings. The minimum atomic E-state index is -1.99. The van der Waals surface area contributed by atoms with Gasteiger partial charge in [0.15, 0.2) is 6.29 Å². The van der Waals surface area contributed by atoms with E-state index in [9.17, 15) is 4.79 Å². The molecule has 3 atom stereocenters. The molecular weight excluding hydrogens is 488 g/mol. The molecular formula is C25H42O6S2Si. The van der Waals surface area contributed by atoms with Crippen molar-refractivity contribution in [2.75, 3.05) is 38.4 Å². The Morgan fingerprint density at radius 2 is 1.82 bits per heavy atom. The van der Waals surface area contributed by atoms with Crippen molar-refractivity contribution in [2.24, 2.45) is 11.3 Å². The second-order valence-corrected chi connectivity index (χ2v) is 19.3. The third-order valence-corrected chi connectivity index (χ3v) is 16.1. The predicted molar refractivity (Wildman–Crippen MR) is 140 cm³/mol. The Kier molecular flexibility index (Phi) is 8.12. The molecule has 3 saturated heterocycles. The van der Waals surface area contributed by atoms with Crippen LogP contribution in [0.2, 0.25) is 18.1 Å². The van der Waals surface area contributed by atoms with Gasteiger partial charge in [0, 0.05) is 18.8 Å². The van der Waals surface area contributed by atoms with Gasteiger partial charge in [0.2, 0.25) is 8.32 Å². The van der Waals surface area contributed by atoms with Crippen molar-refractivity contribution >= 4 is 37.8 Å². The Morgan fingerprint density at radius 3 is 2.44 bits per heavy atom. The van der Waals surface area contributed by atoms with E-state index in [2.05, 4.69) is 39.9 Å². The number of esters is 1. The van der Waals surface area contributed by atoms with E-state index >= 15 is 0 Å². The number of allylic oxidation sites excluding steroid dienone is 1. The molecule has 0 aromatic carbocycles. The summed E-state index contributed by atoms with van der Waals surface area (Å²) in [4.78, 5) is 13.2. The molecule has 0 radical (unpaired) electrons. The molecule has 0 unspecified atom stereocenters. The number of carbonyl (C=O) groups is 1. The summed E-state index contributed by atoms with van der Waals surface area (Å²) in [7, 11) is -0.491. The van der Waals surface area contributed by atoms with Crippen molar-refractivity contribution in [3.05, 3.63) is 11.8 Å². The lowest BCUT2D eigenvalue weighted by Gasteiger charge is -2.46. The number of fused-ring (bicyclic) bond motifs is 1. The van der Waals surface area contributed by atoms with Crippen LogP contribution in [0.3, 0.4) is 0 Å². The lowest BCUT2D eigenvalue weighted by atomic mass is 9.68. The standard InChI is InChI=1S/C25H42O6S2Si/c1-23(2,3)34(5,6)31-18-9-10-24(22(26)27-4)17-30-21(19(24)15-18)25(32-13-8-14-33-25)16-20-28-11-7-12-29-20/h15,19-21H,7-14,16-17H2,1-6H3/t19-,21+,24+/m0/s1. The predicted octanol–water partition coefficient (Wildman–Crippen LogP) is 5.58. The van der Waals surface area contributed by atoms with E-state index in [-0.39, 0.29) is 33.4 Å². The van der Waals surface area contributed by atoms with Gasteiger partial charge in [-0.3, -0.25) is 4.79 Å². The number of rotatable bonds is 6. The first-order chi connectivity index (χ1) is 16.0. The van der Waals surface area contributed by atoms with Crippen molar-refractivity contribution in [2.45, 2.75) is 87.5 Å². The molecule has 0 aromatic heterocycles. The minimum absolute atomic E-state index is 0.0878. The van der Waals surface area contributed by atoms with Crippen LogP contribution in [0.15, 0.2) is 11.8 Å². The molecule has 9 heteroatoms. The molecule has 6 nitrogen and oxygen atoms in total. The Bertz CT molecular complexity index is 770. The maximum Gasteiger partial charge on any atom is 0.314 e. The van der Waals surface area contributed by atoms with Crippen molar-refractivity contribution in [1.29, 1.82) is 0 Å². The summed E-state index contributed by atoms with van der Waals surface area (Å²) in [5.74, 6) is 2.94. The van der Waals surface area contributed by atoms with Crippen LogP contribution in [0.4, 0.5) is 0 Å². The zero-order chi connectivity index (χ0) is 24.6. The van der Waals surface area contributed by atoms with Gasteiger partial charge >= 0.3 is 5.97 Å². The molecule has 0 saturated carbocycles. The van der Waals surface area contributed by atoms with Gasteiger partial charge in [-0.15, -0.1) is 23.5 Å². The first-order valence-corrected chi connectivity index (χ1v) is 17.5. The third-order valence-electron chi connectivity index (χ3n) is 8.21. The number of ether oxygens (including phenoxy) is 4. The average Bonchev–Trinajstić information content (AvgIpc) is 3.19. The van der Waals surface area contributed by atoms with Crippen molar-refractivity contribution in [3.63, 3.8) is 0 Å². The number of thioether (sulfide) groups is 2. The Balaban J connectivity index is 1.68. The van der Waals surface area contributed by atoms with Crippen LogP contribution in [0.1, 0.15) is 52.9 Å². The van der Waals surface area contributed by atoms with Gasteiger partial charge in [-0.05, 0) is 55.0 Å². The zero-order valence-corrected chi connectivity index (χ0v) is 24.3. The van der Waals surface area contributed by atoms with Gasteiger partial charge in [-0.2, -0.15) is 0 Å². The van der Waals surface area contributed by atoms with Crippen LogP contribution in [-0.4, -0.2) is 69.2 Å². The monoisotopic (exact) mass is 530 g/mol. The third kappa shape index (κ3) is 5.12. The van der Waals surface area contributed by atoms with Crippen molar-refractivity contribution in [1.82, 2.24) is 0 Å². The molecule has 0 aromatic rings. The van der Waals surface area contributed by atoms with E-state index in [4.69, 9.17) is 23.4 Å². The topological polar surface area (TPSA) is 63.2 Å². The molecule has 4 rings (SSSR count). The minimum Gasteiger partial charge on any atom is -0.547 e. The molecule has 0 spiro atoms. The fourth-order valence-electron chi connectivity index (χ4n) is 5.19. The van der Waals surface area contributed by atoms with Gasteiger partial charge in [-0.25, -0.2) is 0 Å². The summed E-state index contributed by atoms with van der Waals surface area (Å²) in [6, 6.07) is 0. The largest absolute Gasteiger partial charge is 0.547 e. The second-order valence-electron chi connectivity index (χ2n) is 11.5. The summed E-state index contributed by atoms with van der Waals surface area (Å²) >= 11 is 3.92. The average molecular weight is 531 g/mol. The van der Waals surface area contributed by atoms with Crippen LogP contribution in [0.5, 0.6) is 0 Å². The van der Waals surface area contributed by atoms with E-state index in [0.29, 0.717) is 13.0 Å². The summed E-state index contributed by atoms with van der Waals surface area (Å²) in [5.41, 5.74) is -0.653. The highest BCUT2D eigenvalue weighted by Gasteiger charge is 2.62. The van der Waals surface area contributed by atoms with E-state index in [1.165, 1.54) is 13.5 Å². The molecule has 0 N–H and O–H groups in total. The van der Waals surface area contributed by atoms with Gasteiger partial charge in [0.1, 0.15) is 5.41 Å². The molecule has 194 valence electrons. The van der Waals surface area contributed by atoms with Crippen LogP contribution >= 0.6 is 23.5 Å². The van der Waals surface area contributed by atoms with Gasteiger partial charge in [0.05, 0.1) is 42.9 Å². The SMILES string of the molecule is COC(=O)[C@@]12CCC(O[Si](C)(C)C(C)(C)C)=C[C@H]1[C@H](C1(CC3OCCCO3)SCCCS1)OC2.